The number of hydrogen-bond donors (Lipinski definition) is 3. The van der Waals surface area contributed by atoms with Gasteiger partial charge in [-0.2, -0.15) is 0 Å². The molecule has 2 unspecified atom stereocenters. The lowest BCUT2D eigenvalue weighted by atomic mass is 10.0. The normalized spacial score (nSPS) is 12.8. The van der Waals surface area contributed by atoms with Crippen molar-refractivity contribution in [2.75, 3.05) is 13.2 Å². The van der Waals surface area contributed by atoms with E-state index < -0.39 is 12.1 Å². The summed E-state index contributed by atoms with van der Waals surface area (Å²) >= 11 is 0. The van der Waals surface area contributed by atoms with Gasteiger partial charge in [0.25, 0.3) is 0 Å². The zero-order chi connectivity index (χ0) is 47.9. The van der Waals surface area contributed by atoms with Gasteiger partial charge in [-0.25, -0.2) is 0 Å². The molecule has 0 spiro atoms. The van der Waals surface area contributed by atoms with Crippen LogP contribution in [0.25, 0.3) is 0 Å². The molecule has 66 heavy (non-hydrogen) atoms. The number of allylic oxidation sites excluding steroid dienone is 5. The first-order valence-corrected chi connectivity index (χ1v) is 29.3. The molecule has 0 radical (unpaired) electrons. The van der Waals surface area contributed by atoms with Gasteiger partial charge in [-0.3, -0.25) is 9.59 Å². The summed E-state index contributed by atoms with van der Waals surface area (Å²) in [6.45, 7) is 4.88. The van der Waals surface area contributed by atoms with Crippen molar-refractivity contribution in [3.05, 3.63) is 36.5 Å². The summed E-state index contributed by atoms with van der Waals surface area (Å²) in [4.78, 5) is 24.4. The lowest BCUT2D eigenvalue weighted by Gasteiger charge is -2.20. The van der Waals surface area contributed by atoms with Crippen LogP contribution in [0.4, 0.5) is 0 Å². The summed E-state index contributed by atoms with van der Waals surface area (Å²) in [7, 11) is 0. The van der Waals surface area contributed by atoms with Gasteiger partial charge < -0.3 is 20.3 Å². The van der Waals surface area contributed by atoms with Crippen molar-refractivity contribution in [3.63, 3.8) is 0 Å². The summed E-state index contributed by atoms with van der Waals surface area (Å²) in [6.07, 6.45) is 68.9. The molecule has 0 aromatic carbocycles. The molecule has 3 N–H and O–H groups in total. The van der Waals surface area contributed by atoms with E-state index >= 15 is 0 Å². The van der Waals surface area contributed by atoms with E-state index in [2.05, 4.69) is 43.5 Å². The first kappa shape index (κ1) is 64.1. The Morgan fingerprint density at radius 3 is 1.08 bits per heavy atom. The number of carbonyl (C=O) groups excluding carboxylic acids is 2. The number of carbonyl (C=O) groups is 2. The van der Waals surface area contributed by atoms with Crippen molar-refractivity contribution in [2.24, 2.45) is 0 Å². The lowest BCUT2D eigenvalue weighted by Crippen LogP contribution is -2.45. The molecule has 0 rings (SSSR count). The number of aliphatic hydroxyl groups excluding tert-OH is 2. The Kier molecular flexibility index (Phi) is 54.1. The van der Waals surface area contributed by atoms with Gasteiger partial charge in [-0.15, -0.1) is 0 Å². The number of esters is 1. The third-order valence-corrected chi connectivity index (χ3v) is 13.4. The number of hydrogen-bond acceptors (Lipinski definition) is 5. The third kappa shape index (κ3) is 51.5. The molecule has 0 aromatic heterocycles. The van der Waals surface area contributed by atoms with Crippen molar-refractivity contribution >= 4 is 11.9 Å². The Labute approximate surface area is 411 Å². The maximum Gasteiger partial charge on any atom is 0.305 e. The van der Waals surface area contributed by atoms with E-state index in [1.807, 2.05) is 6.08 Å². The van der Waals surface area contributed by atoms with Crippen LogP contribution in [0.15, 0.2) is 36.5 Å². The van der Waals surface area contributed by atoms with E-state index in [9.17, 15) is 19.8 Å². The zero-order valence-corrected chi connectivity index (χ0v) is 44.2. The van der Waals surface area contributed by atoms with Crippen molar-refractivity contribution in [1.82, 2.24) is 5.32 Å². The van der Waals surface area contributed by atoms with Gasteiger partial charge in [0.15, 0.2) is 0 Å². The summed E-state index contributed by atoms with van der Waals surface area (Å²) in [5.41, 5.74) is 0. The van der Waals surface area contributed by atoms with Crippen molar-refractivity contribution in [1.29, 1.82) is 0 Å². The molecule has 0 aliphatic carbocycles. The van der Waals surface area contributed by atoms with E-state index in [1.165, 1.54) is 231 Å². The molecule has 6 nitrogen and oxygen atoms in total. The topological polar surface area (TPSA) is 95.9 Å². The average Bonchev–Trinajstić information content (AvgIpc) is 3.32. The minimum absolute atomic E-state index is 0.00321. The number of unbranched alkanes of at least 4 members (excludes halogenated alkanes) is 39. The van der Waals surface area contributed by atoms with Crippen LogP contribution in [0.2, 0.25) is 0 Å². The minimum atomic E-state index is -0.846. The monoisotopic (exact) mass is 928 g/mol. The van der Waals surface area contributed by atoms with Gasteiger partial charge in [0.2, 0.25) is 5.91 Å². The third-order valence-electron chi connectivity index (χ3n) is 13.4. The Balaban J connectivity index is 3.40. The molecule has 0 aliphatic heterocycles. The summed E-state index contributed by atoms with van der Waals surface area (Å²) in [5.74, 6) is -0.0732. The van der Waals surface area contributed by atoms with E-state index in [0.29, 0.717) is 19.4 Å². The van der Waals surface area contributed by atoms with E-state index in [1.54, 1.807) is 6.08 Å². The molecule has 0 heterocycles. The lowest BCUT2D eigenvalue weighted by molar-refractivity contribution is -0.143. The zero-order valence-electron chi connectivity index (χ0n) is 44.2. The quantitative estimate of drug-likeness (QED) is 0.0321. The van der Waals surface area contributed by atoms with Crippen molar-refractivity contribution < 1.29 is 24.5 Å². The van der Waals surface area contributed by atoms with E-state index in [-0.39, 0.29) is 18.5 Å². The van der Waals surface area contributed by atoms with Crippen LogP contribution in [0.5, 0.6) is 0 Å². The SMILES string of the molecule is CCCCCCCCC/C=C\CCCCCCCC(=O)OCCCCCCCCCCCCCC/C=C\CCCCCCCCCC(=O)NC(CO)C(O)/C=C/CCCCCCCCCC. The fraction of sp³-hybridized carbons (Fsp3) is 0.867. The highest BCUT2D eigenvalue weighted by molar-refractivity contribution is 5.76. The molecule has 0 saturated carbocycles. The molecule has 0 fully saturated rings. The largest absolute Gasteiger partial charge is 0.466 e. The molecule has 0 bridgehead atoms. The standard InChI is InChI=1S/C60H113NO5/c1-3-5-7-9-11-13-15-16-17-28-31-34-38-42-46-50-54-60(65)66-55-51-47-43-39-35-32-29-26-24-22-20-18-19-21-23-25-27-30-33-37-41-45-49-53-59(64)61-57(56-62)58(63)52-48-44-40-36-14-12-10-8-6-4-2/h17,21,23,28,48,52,57-58,62-63H,3-16,18-20,22,24-27,29-47,49-51,53-56H2,1-2H3,(H,61,64)/b23-21-,28-17-,52-48+. The van der Waals surface area contributed by atoms with Gasteiger partial charge in [0, 0.05) is 12.8 Å². The van der Waals surface area contributed by atoms with Gasteiger partial charge in [-0.1, -0.05) is 249 Å². The predicted molar refractivity (Wildman–Crippen MR) is 287 cm³/mol. The highest BCUT2D eigenvalue weighted by atomic mass is 16.5. The number of aliphatic hydroxyl groups is 2. The first-order chi connectivity index (χ1) is 32.5. The van der Waals surface area contributed by atoms with Gasteiger partial charge >= 0.3 is 5.97 Å². The second kappa shape index (κ2) is 55.7. The van der Waals surface area contributed by atoms with Gasteiger partial charge in [0.1, 0.15) is 0 Å². The number of rotatable bonds is 54. The summed E-state index contributed by atoms with van der Waals surface area (Å²) < 4.78 is 5.48. The van der Waals surface area contributed by atoms with Crippen LogP contribution in [-0.4, -0.2) is 47.4 Å². The fourth-order valence-corrected chi connectivity index (χ4v) is 8.86. The minimum Gasteiger partial charge on any atom is -0.466 e. The van der Waals surface area contributed by atoms with E-state index in [4.69, 9.17) is 4.74 Å². The molecule has 6 heteroatoms. The van der Waals surface area contributed by atoms with Crippen molar-refractivity contribution in [2.45, 2.75) is 321 Å². The molecule has 0 saturated heterocycles. The number of nitrogens with one attached hydrogen (secondary N) is 1. The smallest absolute Gasteiger partial charge is 0.305 e. The number of amides is 1. The maximum absolute atomic E-state index is 12.4. The van der Waals surface area contributed by atoms with Crippen LogP contribution >= 0.6 is 0 Å². The van der Waals surface area contributed by atoms with Gasteiger partial charge in [0.05, 0.1) is 25.4 Å². The van der Waals surface area contributed by atoms with Crippen LogP contribution in [0, 0.1) is 0 Å². The highest BCUT2D eigenvalue weighted by Gasteiger charge is 2.18. The molecule has 0 aromatic rings. The molecule has 2 atom stereocenters. The summed E-state index contributed by atoms with van der Waals surface area (Å²) in [5, 5.41) is 23.0. The first-order valence-electron chi connectivity index (χ1n) is 29.3. The molecule has 0 aliphatic rings. The number of ether oxygens (including phenoxy) is 1. The second-order valence-corrected chi connectivity index (χ2v) is 20.0. The Hall–Kier alpha value is -1.92. The summed E-state index contributed by atoms with van der Waals surface area (Å²) in [6, 6.07) is -0.631. The Morgan fingerprint density at radius 1 is 0.409 bits per heavy atom. The Morgan fingerprint density at radius 2 is 0.712 bits per heavy atom. The van der Waals surface area contributed by atoms with Gasteiger partial charge in [-0.05, 0) is 83.5 Å². The van der Waals surface area contributed by atoms with Crippen LogP contribution in [0.3, 0.4) is 0 Å². The highest BCUT2D eigenvalue weighted by Crippen LogP contribution is 2.16. The van der Waals surface area contributed by atoms with Crippen molar-refractivity contribution in [3.8, 4) is 0 Å². The average molecular weight is 929 g/mol. The molecule has 388 valence electrons. The van der Waals surface area contributed by atoms with Crippen LogP contribution in [0.1, 0.15) is 309 Å². The molecular formula is C60H113NO5. The van der Waals surface area contributed by atoms with Crippen LogP contribution < -0.4 is 5.32 Å². The van der Waals surface area contributed by atoms with E-state index in [0.717, 1.165) is 51.4 Å². The second-order valence-electron chi connectivity index (χ2n) is 20.0. The maximum atomic E-state index is 12.4. The fourth-order valence-electron chi connectivity index (χ4n) is 8.86. The predicted octanol–water partition coefficient (Wildman–Crippen LogP) is 18.0. The van der Waals surface area contributed by atoms with Crippen LogP contribution in [-0.2, 0) is 14.3 Å². The Bertz CT molecular complexity index is 1070. The molecular weight excluding hydrogens is 815 g/mol. The molecule has 1 amide bonds.